The zero-order chi connectivity index (χ0) is 9.97. The number of nitrogens with zero attached hydrogens (tertiary/aromatic N) is 1. The van der Waals surface area contributed by atoms with Crippen LogP contribution < -0.4 is 16.8 Å². The fraction of sp³-hybridized carbons (Fsp3) is 0.500. The number of hydrogen-bond donors (Lipinski definition) is 3. The predicted octanol–water partition coefficient (Wildman–Crippen LogP) is 1.56. The van der Waals surface area contributed by atoms with E-state index in [1.54, 1.807) is 6.20 Å². The van der Waals surface area contributed by atoms with Gasteiger partial charge in [-0.3, -0.25) is 0 Å². The molecule has 92 valence electrons. The molecule has 0 amide bonds. The van der Waals surface area contributed by atoms with Crippen LogP contribution >= 0.6 is 24.8 Å². The molecular weight excluding hydrogens is 247 g/mol. The van der Waals surface area contributed by atoms with Crippen LogP contribution in [0.2, 0.25) is 0 Å². The molecule has 4 nitrogen and oxygen atoms in total. The Kier molecular flexibility index (Phi) is 6.48. The van der Waals surface area contributed by atoms with E-state index in [0.29, 0.717) is 17.4 Å². The number of anilines is 2. The van der Waals surface area contributed by atoms with Crippen molar-refractivity contribution in [3.63, 3.8) is 0 Å². The van der Waals surface area contributed by atoms with Crippen LogP contribution in [0.3, 0.4) is 0 Å². The summed E-state index contributed by atoms with van der Waals surface area (Å²) in [7, 11) is 0. The smallest absolute Gasteiger partial charge is 0.126 e. The average Bonchev–Trinajstić information content (AvgIpc) is 2.23. The van der Waals surface area contributed by atoms with Gasteiger partial charge in [0.25, 0.3) is 0 Å². The average molecular weight is 265 g/mol. The van der Waals surface area contributed by atoms with E-state index in [-0.39, 0.29) is 24.8 Å². The predicted molar refractivity (Wildman–Crippen MR) is 72.4 cm³/mol. The van der Waals surface area contributed by atoms with Crippen molar-refractivity contribution < 1.29 is 0 Å². The number of piperidine rings is 1. The first kappa shape index (κ1) is 15.3. The molecule has 1 fully saturated rings. The van der Waals surface area contributed by atoms with E-state index in [1.165, 1.54) is 0 Å². The van der Waals surface area contributed by atoms with Gasteiger partial charge in [0.2, 0.25) is 0 Å². The Morgan fingerprint density at radius 1 is 1.19 bits per heavy atom. The summed E-state index contributed by atoms with van der Waals surface area (Å²) in [5.41, 5.74) is 13.4. The normalized spacial score (nSPS) is 16.0. The minimum Gasteiger partial charge on any atom is -0.397 e. The molecule has 0 aliphatic carbocycles. The summed E-state index contributed by atoms with van der Waals surface area (Å²) >= 11 is 0. The number of nitrogens with one attached hydrogen (secondary N) is 1. The second kappa shape index (κ2) is 6.78. The van der Waals surface area contributed by atoms with Crippen LogP contribution in [0.5, 0.6) is 0 Å². The van der Waals surface area contributed by atoms with Gasteiger partial charge in [-0.05, 0) is 43.5 Å². The molecule has 0 unspecified atom stereocenters. The molecule has 0 spiro atoms. The SMILES string of the molecule is Cl.Cl.Nc1cnc(N)c(C2CCNCC2)c1. The molecule has 0 bridgehead atoms. The molecule has 2 heterocycles. The summed E-state index contributed by atoms with van der Waals surface area (Å²) in [6.45, 7) is 2.11. The van der Waals surface area contributed by atoms with Gasteiger partial charge >= 0.3 is 0 Å². The Morgan fingerprint density at radius 3 is 2.44 bits per heavy atom. The van der Waals surface area contributed by atoms with Gasteiger partial charge < -0.3 is 16.8 Å². The minimum absolute atomic E-state index is 0. The van der Waals surface area contributed by atoms with E-state index in [2.05, 4.69) is 10.3 Å². The van der Waals surface area contributed by atoms with Crippen LogP contribution in [-0.2, 0) is 0 Å². The van der Waals surface area contributed by atoms with Gasteiger partial charge in [0, 0.05) is 0 Å². The molecule has 1 aliphatic rings. The standard InChI is InChI=1S/C10H16N4.2ClH/c11-8-5-9(10(12)14-6-8)7-1-3-13-4-2-7;;/h5-7,13H,1-4,11H2,(H2,12,14);2*1H. The van der Waals surface area contributed by atoms with Gasteiger partial charge in [-0.1, -0.05) is 0 Å². The zero-order valence-electron chi connectivity index (χ0n) is 8.98. The van der Waals surface area contributed by atoms with E-state index in [4.69, 9.17) is 11.5 Å². The fourth-order valence-electron chi connectivity index (χ4n) is 1.97. The first-order valence-corrected chi connectivity index (χ1v) is 4.99. The first-order valence-electron chi connectivity index (χ1n) is 4.99. The number of hydrogen-bond acceptors (Lipinski definition) is 4. The van der Waals surface area contributed by atoms with Crippen molar-refractivity contribution in [2.75, 3.05) is 24.6 Å². The number of nitrogen functional groups attached to an aromatic ring is 2. The second-order valence-electron chi connectivity index (χ2n) is 3.77. The van der Waals surface area contributed by atoms with Crippen molar-refractivity contribution in [3.05, 3.63) is 17.8 Å². The van der Waals surface area contributed by atoms with Crippen molar-refractivity contribution in [1.29, 1.82) is 0 Å². The molecule has 5 N–H and O–H groups in total. The van der Waals surface area contributed by atoms with E-state index in [0.717, 1.165) is 31.5 Å². The van der Waals surface area contributed by atoms with Gasteiger partial charge in [-0.2, -0.15) is 0 Å². The van der Waals surface area contributed by atoms with Crippen molar-refractivity contribution in [2.24, 2.45) is 0 Å². The zero-order valence-corrected chi connectivity index (χ0v) is 10.6. The highest BCUT2D eigenvalue weighted by atomic mass is 35.5. The second-order valence-corrected chi connectivity index (χ2v) is 3.77. The van der Waals surface area contributed by atoms with E-state index < -0.39 is 0 Å². The van der Waals surface area contributed by atoms with Gasteiger partial charge in [0.05, 0.1) is 11.9 Å². The molecule has 0 radical (unpaired) electrons. The maximum atomic E-state index is 5.83. The lowest BCUT2D eigenvalue weighted by atomic mass is 9.90. The summed E-state index contributed by atoms with van der Waals surface area (Å²) in [5.74, 6) is 1.15. The highest BCUT2D eigenvalue weighted by molar-refractivity contribution is 5.85. The third kappa shape index (κ3) is 3.40. The van der Waals surface area contributed by atoms with E-state index in [9.17, 15) is 0 Å². The quantitative estimate of drug-likeness (QED) is 0.720. The monoisotopic (exact) mass is 264 g/mol. The summed E-state index contributed by atoms with van der Waals surface area (Å²) in [4.78, 5) is 4.09. The van der Waals surface area contributed by atoms with Crippen molar-refractivity contribution in [1.82, 2.24) is 10.3 Å². The van der Waals surface area contributed by atoms with Crippen LogP contribution in [0.25, 0.3) is 0 Å². The molecule has 6 heteroatoms. The maximum absolute atomic E-state index is 5.83. The molecule has 1 aliphatic heterocycles. The van der Waals surface area contributed by atoms with Crippen LogP contribution in [0, 0.1) is 0 Å². The summed E-state index contributed by atoms with van der Waals surface area (Å²) in [6, 6.07) is 1.96. The molecule has 1 aromatic heterocycles. The fourth-order valence-corrected chi connectivity index (χ4v) is 1.97. The molecule has 1 saturated heterocycles. The van der Waals surface area contributed by atoms with Crippen LogP contribution in [-0.4, -0.2) is 18.1 Å². The molecule has 16 heavy (non-hydrogen) atoms. The van der Waals surface area contributed by atoms with Crippen molar-refractivity contribution >= 4 is 36.3 Å². The number of halogens is 2. The highest BCUT2D eigenvalue weighted by Gasteiger charge is 2.17. The number of pyridine rings is 1. The number of nitrogens with two attached hydrogens (primary N) is 2. The van der Waals surface area contributed by atoms with E-state index in [1.807, 2.05) is 6.07 Å². The summed E-state index contributed by atoms with van der Waals surface area (Å²) in [5, 5.41) is 3.33. The van der Waals surface area contributed by atoms with Gasteiger partial charge in [0.1, 0.15) is 5.82 Å². The third-order valence-corrected chi connectivity index (χ3v) is 2.75. The molecule has 1 aromatic rings. The lowest BCUT2D eigenvalue weighted by Gasteiger charge is -2.23. The molecule has 0 saturated carbocycles. The van der Waals surface area contributed by atoms with Gasteiger partial charge in [-0.15, -0.1) is 24.8 Å². The lowest BCUT2D eigenvalue weighted by molar-refractivity contribution is 0.461. The summed E-state index contributed by atoms with van der Waals surface area (Å²) < 4.78 is 0. The topological polar surface area (TPSA) is 77.0 Å². The molecule has 0 atom stereocenters. The molecular formula is C10H18Cl2N4. The first-order chi connectivity index (χ1) is 6.77. The highest BCUT2D eigenvalue weighted by Crippen LogP contribution is 2.29. The lowest BCUT2D eigenvalue weighted by Crippen LogP contribution is -2.27. The molecule has 0 aromatic carbocycles. The van der Waals surface area contributed by atoms with Crippen LogP contribution in [0.1, 0.15) is 24.3 Å². The Balaban J connectivity index is 0.00000112. The Bertz CT molecular complexity index is 327. The van der Waals surface area contributed by atoms with Crippen molar-refractivity contribution in [3.8, 4) is 0 Å². The molecule has 2 rings (SSSR count). The Morgan fingerprint density at radius 2 is 1.81 bits per heavy atom. The van der Waals surface area contributed by atoms with Gasteiger partial charge in [0.15, 0.2) is 0 Å². The number of aromatic nitrogens is 1. The largest absolute Gasteiger partial charge is 0.397 e. The number of rotatable bonds is 1. The third-order valence-electron chi connectivity index (χ3n) is 2.75. The van der Waals surface area contributed by atoms with Gasteiger partial charge in [-0.25, -0.2) is 4.98 Å². The van der Waals surface area contributed by atoms with Crippen molar-refractivity contribution in [2.45, 2.75) is 18.8 Å². The van der Waals surface area contributed by atoms with Crippen LogP contribution in [0.4, 0.5) is 11.5 Å². The Labute approximate surface area is 108 Å². The summed E-state index contributed by atoms with van der Waals surface area (Å²) in [6.07, 6.45) is 3.85. The maximum Gasteiger partial charge on any atom is 0.126 e. The van der Waals surface area contributed by atoms with Crippen LogP contribution in [0.15, 0.2) is 12.3 Å². The Hall–Kier alpha value is -0.710. The van der Waals surface area contributed by atoms with E-state index >= 15 is 0 Å². The minimum atomic E-state index is 0.